The van der Waals surface area contributed by atoms with E-state index in [2.05, 4.69) is 0 Å². The van der Waals surface area contributed by atoms with Crippen LogP contribution in [0.5, 0.6) is 0 Å². The molecule has 0 aliphatic heterocycles. The lowest BCUT2D eigenvalue weighted by molar-refractivity contribution is 0.587. The van der Waals surface area contributed by atoms with Gasteiger partial charge in [-0.2, -0.15) is 0 Å². The first kappa shape index (κ1) is 12.8. The Kier molecular flexibility index (Phi) is 3.53. The first-order valence-corrected chi connectivity index (χ1v) is 7.46. The minimum atomic E-state index is -3.21. The Hall–Kier alpha value is -1.61. The molecule has 18 heavy (non-hydrogen) atoms. The van der Waals surface area contributed by atoms with Crippen LogP contribution in [0, 0.1) is 0 Å². The highest BCUT2D eigenvalue weighted by atomic mass is 32.2. The van der Waals surface area contributed by atoms with Gasteiger partial charge in [0, 0.05) is 0 Å². The van der Waals surface area contributed by atoms with E-state index in [0.717, 1.165) is 11.1 Å². The van der Waals surface area contributed by atoms with Gasteiger partial charge in [-0.05, 0) is 37.1 Å². The average molecular weight is 260 g/mol. The Morgan fingerprint density at radius 1 is 0.833 bits per heavy atom. The summed E-state index contributed by atoms with van der Waals surface area (Å²) in [6, 6.07) is 16.9. The number of hydrogen-bond donors (Lipinski definition) is 0. The second-order valence-electron chi connectivity index (χ2n) is 4.49. The molecule has 94 valence electrons. The smallest absolute Gasteiger partial charge is 0.180 e. The van der Waals surface area contributed by atoms with Gasteiger partial charge in [-0.25, -0.2) is 8.42 Å². The van der Waals surface area contributed by atoms with E-state index in [9.17, 15) is 8.42 Å². The minimum Gasteiger partial charge on any atom is -0.223 e. The molecule has 0 saturated carbocycles. The van der Waals surface area contributed by atoms with E-state index in [0.29, 0.717) is 4.90 Å². The molecule has 0 saturated heterocycles. The van der Waals surface area contributed by atoms with Gasteiger partial charge in [0.05, 0.1) is 10.1 Å². The van der Waals surface area contributed by atoms with E-state index in [1.54, 1.807) is 32.0 Å². The van der Waals surface area contributed by atoms with Crippen molar-refractivity contribution in [2.45, 2.75) is 24.0 Å². The standard InChI is InChI=1S/C15H16O2S/c1-12(2)18(16,17)15-10-6-9-14(11-15)13-7-4-3-5-8-13/h3-12H,1-2H3. The molecule has 3 heteroatoms. The number of rotatable bonds is 3. The summed E-state index contributed by atoms with van der Waals surface area (Å²) in [6.07, 6.45) is 0. The van der Waals surface area contributed by atoms with E-state index in [1.165, 1.54) is 0 Å². The number of sulfone groups is 1. The van der Waals surface area contributed by atoms with Gasteiger partial charge in [0.2, 0.25) is 0 Å². The Labute approximate surface area is 108 Å². The van der Waals surface area contributed by atoms with Crippen LogP contribution < -0.4 is 0 Å². The summed E-state index contributed by atoms with van der Waals surface area (Å²) >= 11 is 0. The molecule has 2 aromatic rings. The quantitative estimate of drug-likeness (QED) is 0.846. The summed E-state index contributed by atoms with van der Waals surface area (Å²) in [4.78, 5) is 0.388. The van der Waals surface area contributed by atoms with Crippen molar-refractivity contribution in [3.8, 4) is 11.1 Å². The maximum atomic E-state index is 12.1. The van der Waals surface area contributed by atoms with Crippen LogP contribution in [-0.4, -0.2) is 13.7 Å². The van der Waals surface area contributed by atoms with E-state index in [4.69, 9.17) is 0 Å². The fraction of sp³-hybridized carbons (Fsp3) is 0.200. The van der Waals surface area contributed by atoms with Crippen LogP contribution in [0.2, 0.25) is 0 Å². The predicted molar refractivity (Wildman–Crippen MR) is 74.2 cm³/mol. The van der Waals surface area contributed by atoms with E-state index < -0.39 is 15.1 Å². The molecule has 0 atom stereocenters. The molecule has 0 aliphatic carbocycles. The Morgan fingerprint density at radius 3 is 2.06 bits per heavy atom. The zero-order valence-corrected chi connectivity index (χ0v) is 11.3. The first-order valence-electron chi connectivity index (χ1n) is 5.91. The van der Waals surface area contributed by atoms with Crippen molar-refractivity contribution in [3.63, 3.8) is 0 Å². The zero-order chi connectivity index (χ0) is 13.2. The van der Waals surface area contributed by atoms with Crippen LogP contribution in [0.4, 0.5) is 0 Å². The highest BCUT2D eigenvalue weighted by Crippen LogP contribution is 2.24. The Bertz CT molecular complexity index is 629. The molecule has 2 rings (SSSR count). The molecule has 0 N–H and O–H groups in total. The van der Waals surface area contributed by atoms with E-state index in [-0.39, 0.29) is 0 Å². The molecule has 0 fully saturated rings. The van der Waals surface area contributed by atoms with Crippen molar-refractivity contribution < 1.29 is 8.42 Å². The van der Waals surface area contributed by atoms with Crippen LogP contribution in [0.15, 0.2) is 59.5 Å². The highest BCUT2D eigenvalue weighted by molar-refractivity contribution is 7.92. The molecule has 0 aliphatic rings. The molecule has 2 nitrogen and oxygen atoms in total. The van der Waals surface area contributed by atoms with Gasteiger partial charge < -0.3 is 0 Å². The van der Waals surface area contributed by atoms with Gasteiger partial charge in [-0.15, -0.1) is 0 Å². The van der Waals surface area contributed by atoms with Gasteiger partial charge in [0.25, 0.3) is 0 Å². The number of hydrogen-bond acceptors (Lipinski definition) is 2. The molecule has 2 aromatic carbocycles. The third-order valence-electron chi connectivity index (χ3n) is 2.89. The summed E-state index contributed by atoms with van der Waals surface area (Å²) in [5.41, 5.74) is 1.95. The molecule has 0 spiro atoms. The van der Waals surface area contributed by atoms with Crippen molar-refractivity contribution in [1.82, 2.24) is 0 Å². The lowest BCUT2D eigenvalue weighted by Gasteiger charge is -2.09. The van der Waals surface area contributed by atoms with Gasteiger partial charge in [-0.1, -0.05) is 42.5 Å². The molecule has 0 heterocycles. The summed E-state index contributed by atoms with van der Waals surface area (Å²) in [5, 5.41) is -0.400. The van der Waals surface area contributed by atoms with Gasteiger partial charge in [0.15, 0.2) is 9.84 Å². The third-order valence-corrected chi connectivity index (χ3v) is 5.04. The second-order valence-corrected chi connectivity index (χ2v) is 6.99. The molecule has 0 radical (unpaired) electrons. The van der Waals surface area contributed by atoms with Crippen molar-refractivity contribution in [1.29, 1.82) is 0 Å². The van der Waals surface area contributed by atoms with E-state index >= 15 is 0 Å². The molecule has 0 amide bonds. The molecule has 0 aromatic heterocycles. The van der Waals surface area contributed by atoms with Crippen LogP contribution in [-0.2, 0) is 9.84 Å². The molecule has 0 unspecified atom stereocenters. The zero-order valence-electron chi connectivity index (χ0n) is 10.5. The fourth-order valence-electron chi connectivity index (χ4n) is 1.76. The summed E-state index contributed by atoms with van der Waals surface area (Å²) in [7, 11) is -3.21. The second kappa shape index (κ2) is 4.94. The molecular weight excluding hydrogens is 244 g/mol. The lowest BCUT2D eigenvalue weighted by Crippen LogP contribution is -2.13. The van der Waals surface area contributed by atoms with Crippen molar-refractivity contribution >= 4 is 9.84 Å². The Balaban J connectivity index is 2.50. The third kappa shape index (κ3) is 2.46. The summed E-state index contributed by atoms with van der Waals surface area (Å²) < 4.78 is 24.2. The summed E-state index contributed by atoms with van der Waals surface area (Å²) in [6.45, 7) is 3.40. The van der Waals surface area contributed by atoms with Crippen LogP contribution in [0.25, 0.3) is 11.1 Å². The van der Waals surface area contributed by atoms with Gasteiger partial charge in [-0.3, -0.25) is 0 Å². The van der Waals surface area contributed by atoms with Crippen molar-refractivity contribution in [3.05, 3.63) is 54.6 Å². The van der Waals surface area contributed by atoms with Crippen LogP contribution in [0.1, 0.15) is 13.8 Å². The first-order chi connectivity index (χ1) is 8.51. The molecule has 0 bridgehead atoms. The summed E-state index contributed by atoms with van der Waals surface area (Å²) in [5.74, 6) is 0. The van der Waals surface area contributed by atoms with Crippen molar-refractivity contribution in [2.75, 3.05) is 0 Å². The lowest BCUT2D eigenvalue weighted by atomic mass is 10.1. The molecular formula is C15H16O2S. The van der Waals surface area contributed by atoms with Gasteiger partial charge >= 0.3 is 0 Å². The van der Waals surface area contributed by atoms with Crippen LogP contribution >= 0.6 is 0 Å². The normalized spacial score (nSPS) is 11.7. The largest absolute Gasteiger partial charge is 0.223 e. The van der Waals surface area contributed by atoms with Crippen molar-refractivity contribution in [2.24, 2.45) is 0 Å². The van der Waals surface area contributed by atoms with Gasteiger partial charge in [0.1, 0.15) is 0 Å². The van der Waals surface area contributed by atoms with E-state index in [1.807, 2.05) is 36.4 Å². The monoisotopic (exact) mass is 260 g/mol. The fourth-order valence-corrected chi connectivity index (χ4v) is 2.86. The highest BCUT2D eigenvalue weighted by Gasteiger charge is 2.19. The van der Waals surface area contributed by atoms with Crippen LogP contribution in [0.3, 0.4) is 0 Å². The topological polar surface area (TPSA) is 34.1 Å². The maximum absolute atomic E-state index is 12.1. The number of benzene rings is 2. The Morgan fingerprint density at radius 2 is 1.44 bits per heavy atom. The average Bonchev–Trinajstić information content (AvgIpc) is 2.40. The maximum Gasteiger partial charge on any atom is 0.180 e. The SMILES string of the molecule is CC(C)S(=O)(=O)c1cccc(-c2ccccc2)c1. The minimum absolute atomic E-state index is 0.388. The predicted octanol–water partition coefficient (Wildman–Crippen LogP) is 3.54.